The molecule has 0 spiro atoms. The van der Waals surface area contributed by atoms with E-state index in [2.05, 4.69) is 5.10 Å². The van der Waals surface area contributed by atoms with Gasteiger partial charge in [0.1, 0.15) is 11.4 Å². The van der Waals surface area contributed by atoms with Gasteiger partial charge in [-0.15, -0.1) is 0 Å². The van der Waals surface area contributed by atoms with Gasteiger partial charge in [-0.05, 0) is 29.8 Å². The molecule has 0 saturated heterocycles. The molecular formula is C16H18N2O3. The van der Waals surface area contributed by atoms with Gasteiger partial charge in [0.2, 0.25) is 5.78 Å². The predicted octanol–water partition coefficient (Wildman–Crippen LogP) is 2.47. The smallest absolute Gasteiger partial charge is 0.206 e. The van der Waals surface area contributed by atoms with Crippen LogP contribution in [0.3, 0.4) is 0 Å². The highest BCUT2D eigenvalue weighted by Crippen LogP contribution is 2.21. The lowest BCUT2D eigenvalue weighted by Crippen LogP contribution is -1.98. The standard InChI is InChI=1S/C16H18N2O3/c1-18-9-8-14(17-18)15(19)6-4-12-5-7-16(21-3)13(10-12)11-20-2/h4-10H,11H2,1-3H3/b6-4-. The van der Waals surface area contributed by atoms with Gasteiger partial charge in [0.25, 0.3) is 0 Å². The third kappa shape index (κ3) is 3.79. The van der Waals surface area contributed by atoms with Crippen molar-refractivity contribution in [2.75, 3.05) is 14.2 Å². The average molecular weight is 286 g/mol. The van der Waals surface area contributed by atoms with E-state index < -0.39 is 0 Å². The summed E-state index contributed by atoms with van der Waals surface area (Å²) in [5, 5.41) is 4.07. The molecule has 2 rings (SSSR count). The zero-order chi connectivity index (χ0) is 15.2. The molecule has 0 aliphatic carbocycles. The van der Waals surface area contributed by atoms with Gasteiger partial charge in [-0.3, -0.25) is 9.48 Å². The van der Waals surface area contributed by atoms with Crippen molar-refractivity contribution in [2.45, 2.75) is 6.61 Å². The van der Waals surface area contributed by atoms with Crippen LogP contribution in [0.25, 0.3) is 6.08 Å². The molecule has 1 heterocycles. The topological polar surface area (TPSA) is 53.4 Å². The average Bonchev–Trinajstić information content (AvgIpc) is 2.92. The number of carbonyl (C=O) groups is 1. The molecule has 0 unspecified atom stereocenters. The number of nitrogens with zero attached hydrogens (tertiary/aromatic N) is 2. The van der Waals surface area contributed by atoms with Crippen molar-refractivity contribution in [3.63, 3.8) is 0 Å². The Labute approximate surface area is 123 Å². The van der Waals surface area contributed by atoms with Crippen molar-refractivity contribution in [2.24, 2.45) is 7.05 Å². The maximum Gasteiger partial charge on any atom is 0.206 e. The SMILES string of the molecule is COCc1cc(/C=C\C(=O)c2ccn(C)n2)ccc1OC. The molecule has 0 radical (unpaired) electrons. The summed E-state index contributed by atoms with van der Waals surface area (Å²) in [5.41, 5.74) is 2.28. The van der Waals surface area contributed by atoms with Crippen LogP contribution in [-0.4, -0.2) is 29.8 Å². The van der Waals surface area contributed by atoms with Crippen LogP contribution in [-0.2, 0) is 18.4 Å². The van der Waals surface area contributed by atoms with E-state index in [1.54, 1.807) is 44.3 Å². The van der Waals surface area contributed by atoms with Crippen LogP contribution in [0.2, 0.25) is 0 Å². The Morgan fingerprint density at radius 1 is 1.33 bits per heavy atom. The zero-order valence-electron chi connectivity index (χ0n) is 12.4. The number of carbonyl (C=O) groups excluding carboxylic acids is 1. The van der Waals surface area contributed by atoms with Crippen molar-refractivity contribution >= 4 is 11.9 Å². The molecule has 0 aliphatic heterocycles. The highest BCUT2D eigenvalue weighted by Gasteiger charge is 2.06. The van der Waals surface area contributed by atoms with Crippen LogP contribution >= 0.6 is 0 Å². The Hall–Kier alpha value is -2.40. The van der Waals surface area contributed by atoms with Gasteiger partial charge in [0.05, 0.1) is 13.7 Å². The predicted molar refractivity (Wildman–Crippen MR) is 80.3 cm³/mol. The lowest BCUT2D eigenvalue weighted by Gasteiger charge is -2.08. The first kappa shape index (κ1) is 15.0. The number of hydrogen-bond donors (Lipinski definition) is 0. The Balaban J connectivity index is 2.17. The number of methoxy groups -OCH3 is 2. The zero-order valence-corrected chi connectivity index (χ0v) is 12.4. The van der Waals surface area contributed by atoms with Gasteiger partial charge < -0.3 is 9.47 Å². The van der Waals surface area contributed by atoms with E-state index in [0.717, 1.165) is 16.9 Å². The molecule has 21 heavy (non-hydrogen) atoms. The van der Waals surface area contributed by atoms with Crippen molar-refractivity contribution in [1.29, 1.82) is 0 Å². The van der Waals surface area contributed by atoms with E-state index in [9.17, 15) is 4.79 Å². The fourth-order valence-electron chi connectivity index (χ4n) is 1.97. The summed E-state index contributed by atoms with van der Waals surface area (Å²) in [6.45, 7) is 0.457. The lowest BCUT2D eigenvalue weighted by molar-refractivity contribution is 0.104. The van der Waals surface area contributed by atoms with Crippen molar-refractivity contribution in [3.8, 4) is 5.75 Å². The molecular weight excluding hydrogens is 268 g/mol. The van der Waals surface area contributed by atoms with Crippen LogP contribution in [0, 0.1) is 0 Å². The van der Waals surface area contributed by atoms with E-state index >= 15 is 0 Å². The van der Waals surface area contributed by atoms with E-state index in [1.165, 1.54) is 6.08 Å². The Bertz CT molecular complexity index is 659. The number of ketones is 1. The fraction of sp³-hybridized carbons (Fsp3) is 0.250. The largest absolute Gasteiger partial charge is 0.496 e. The first-order valence-corrected chi connectivity index (χ1v) is 6.52. The van der Waals surface area contributed by atoms with E-state index in [1.807, 2.05) is 18.2 Å². The Morgan fingerprint density at radius 2 is 2.14 bits per heavy atom. The molecule has 0 aliphatic rings. The minimum Gasteiger partial charge on any atom is -0.496 e. The second-order valence-electron chi connectivity index (χ2n) is 4.58. The molecule has 0 N–H and O–H groups in total. The first-order chi connectivity index (χ1) is 10.1. The number of ether oxygens (including phenoxy) is 2. The van der Waals surface area contributed by atoms with E-state index in [0.29, 0.717) is 12.3 Å². The molecule has 1 aromatic heterocycles. The Kier molecular flexibility index (Phi) is 4.90. The van der Waals surface area contributed by atoms with Gasteiger partial charge >= 0.3 is 0 Å². The molecule has 1 aromatic carbocycles. The van der Waals surface area contributed by atoms with Crippen molar-refractivity contribution < 1.29 is 14.3 Å². The highest BCUT2D eigenvalue weighted by atomic mass is 16.5. The van der Waals surface area contributed by atoms with Crippen LogP contribution in [0.5, 0.6) is 5.75 Å². The number of rotatable bonds is 6. The quantitative estimate of drug-likeness (QED) is 0.604. The molecule has 0 fully saturated rings. The molecule has 0 saturated carbocycles. The molecule has 2 aromatic rings. The van der Waals surface area contributed by atoms with Gasteiger partial charge in [0.15, 0.2) is 0 Å². The van der Waals surface area contributed by atoms with Gasteiger partial charge in [-0.1, -0.05) is 12.1 Å². The molecule has 0 amide bonds. The third-order valence-corrected chi connectivity index (χ3v) is 3.00. The molecule has 0 bridgehead atoms. The Morgan fingerprint density at radius 3 is 2.76 bits per heavy atom. The highest BCUT2D eigenvalue weighted by molar-refractivity contribution is 6.05. The number of hydrogen-bond acceptors (Lipinski definition) is 4. The number of allylic oxidation sites excluding steroid dienone is 1. The molecule has 110 valence electrons. The third-order valence-electron chi connectivity index (χ3n) is 3.00. The minimum atomic E-state index is -0.125. The molecule has 5 nitrogen and oxygen atoms in total. The summed E-state index contributed by atoms with van der Waals surface area (Å²) >= 11 is 0. The maximum atomic E-state index is 12.0. The number of aromatic nitrogens is 2. The van der Waals surface area contributed by atoms with Crippen LogP contribution in [0.1, 0.15) is 21.6 Å². The summed E-state index contributed by atoms with van der Waals surface area (Å²) in [7, 11) is 5.03. The summed E-state index contributed by atoms with van der Waals surface area (Å²) < 4.78 is 12.0. The van der Waals surface area contributed by atoms with Crippen LogP contribution in [0.4, 0.5) is 0 Å². The van der Waals surface area contributed by atoms with Crippen LogP contribution < -0.4 is 4.74 Å². The molecule has 0 atom stereocenters. The van der Waals surface area contributed by atoms with Gasteiger partial charge in [0, 0.05) is 25.9 Å². The summed E-state index contributed by atoms with van der Waals surface area (Å²) in [6, 6.07) is 7.38. The van der Waals surface area contributed by atoms with Gasteiger partial charge in [-0.2, -0.15) is 5.10 Å². The van der Waals surface area contributed by atoms with E-state index in [-0.39, 0.29) is 5.78 Å². The maximum absolute atomic E-state index is 12.0. The van der Waals surface area contributed by atoms with Crippen LogP contribution in [0.15, 0.2) is 36.5 Å². The second kappa shape index (κ2) is 6.85. The monoisotopic (exact) mass is 286 g/mol. The van der Waals surface area contributed by atoms with Gasteiger partial charge in [-0.25, -0.2) is 0 Å². The minimum absolute atomic E-state index is 0.125. The van der Waals surface area contributed by atoms with Crippen molar-refractivity contribution in [1.82, 2.24) is 9.78 Å². The first-order valence-electron chi connectivity index (χ1n) is 6.52. The summed E-state index contributed by atoms with van der Waals surface area (Å²) in [5.74, 6) is 0.643. The van der Waals surface area contributed by atoms with Crippen molar-refractivity contribution in [3.05, 3.63) is 53.4 Å². The number of aryl methyl sites for hydroxylation is 1. The lowest BCUT2D eigenvalue weighted by atomic mass is 10.1. The summed E-state index contributed by atoms with van der Waals surface area (Å²) in [4.78, 5) is 12.0. The normalized spacial score (nSPS) is 11.0. The second-order valence-corrected chi connectivity index (χ2v) is 4.58. The number of benzene rings is 1. The summed E-state index contributed by atoms with van der Waals surface area (Å²) in [6.07, 6.45) is 5.02. The fourth-order valence-corrected chi connectivity index (χ4v) is 1.97. The molecule has 5 heteroatoms. The van der Waals surface area contributed by atoms with E-state index in [4.69, 9.17) is 9.47 Å².